The van der Waals surface area contributed by atoms with E-state index in [9.17, 15) is 4.79 Å². The third-order valence-electron chi connectivity index (χ3n) is 3.08. The predicted molar refractivity (Wildman–Crippen MR) is 75.6 cm³/mol. The minimum Gasteiger partial charge on any atom is -0.325 e. The lowest BCUT2D eigenvalue weighted by molar-refractivity contribution is -0.120. The molecule has 0 bridgehead atoms. The average Bonchev–Trinajstić information content (AvgIpc) is 2.73. The number of fused-ring (bicyclic) bond motifs is 1. The third kappa shape index (κ3) is 2.56. The fourth-order valence-electron chi connectivity index (χ4n) is 1.93. The molecule has 0 aromatic carbocycles. The lowest BCUT2D eigenvalue weighted by Gasteiger charge is -2.12. The molecule has 0 saturated heterocycles. The summed E-state index contributed by atoms with van der Waals surface area (Å²) in [5.41, 5.74) is 1.64. The van der Waals surface area contributed by atoms with E-state index in [-0.39, 0.29) is 11.8 Å². The molecule has 0 saturated carbocycles. The number of halogens is 1. The highest BCUT2D eigenvalue weighted by Crippen LogP contribution is 2.18. The first kappa shape index (κ1) is 13.1. The maximum Gasteiger partial charge on any atom is 0.227 e. The lowest BCUT2D eigenvalue weighted by atomic mass is 10.0. The Labute approximate surface area is 115 Å². The number of rotatable bonds is 4. The van der Waals surface area contributed by atoms with Gasteiger partial charge in [-0.2, -0.15) is 0 Å². The highest BCUT2D eigenvalue weighted by atomic mass is 79.9. The number of imidazole rings is 1. The van der Waals surface area contributed by atoms with Crippen LogP contribution >= 0.6 is 15.9 Å². The molecule has 0 unspecified atom stereocenters. The number of hydrogen-bond donors (Lipinski definition) is 1. The summed E-state index contributed by atoms with van der Waals surface area (Å²) in [7, 11) is 0. The molecule has 0 atom stereocenters. The van der Waals surface area contributed by atoms with E-state index in [0.29, 0.717) is 0 Å². The molecule has 2 aromatic heterocycles. The quantitative estimate of drug-likeness (QED) is 0.940. The van der Waals surface area contributed by atoms with Crippen LogP contribution in [0.1, 0.15) is 26.7 Å². The van der Waals surface area contributed by atoms with E-state index < -0.39 is 0 Å². The second-order valence-electron chi connectivity index (χ2n) is 4.23. The van der Waals surface area contributed by atoms with Gasteiger partial charge in [-0.3, -0.25) is 9.20 Å². The highest BCUT2D eigenvalue weighted by molar-refractivity contribution is 9.10. The van der Waals surface area contributed by atoms with E-state index in [1.54, 1.807) is 6.20 Å². The van der Waals surface area contributed by atoms with E-state index in [0.717, 1.165) is 28.8 Å². The zero-order valence-electron chi connectivity index (χ0n) is 10.5. The van der Waals surface area contributed by atoms with Crippen molar-refractivity contribution < 1.29 is 4.79 Å². The molecule has 0 aliphatic rings. The van der Waals surface area contributed by atoms with Crippen molar-refractivity contribution in [3.05, 3.63) is 29.1 Å². The Morgan fingerprint density at radius 1 is 1.44 bits per heavy atom. The van der Waals surface area contributed by atoms with E-state index in [2.05, 4.69) is 26.2 Å². The van der Waals surface area contributed by atoms with Crippen LogP contribution in [0.25, 0.3) is 5.65 Å². The first-order chi connectivity index (χ1) is 8.65. The number of anilines is 1. The molecule has 2 aromatic rings. The summed E-state index contributed by atoms with van der Waals surface area (Å²) >= 11 is 3.41. The summed E-state index contributed by atoms with van der Waals surface area (Å²) in [6, 6.07) is 3.75. The number of amides is 1. The molecule has 0 spiro atoms. The first-order valence-corrected chi connectivity index (χ1v) is 6.88. The predicted octanol–water partition coefficient (Wildman–Crippen LogP) is 3.47. The van der Waals surface area contributed by atoms with Crippen molar-refractivity contribution in [2.45, 2.75) is 26.7 Å². The van der Waals surface area contributed by atoms with E-state index in [1.165, 1.54) is 0 Å². The van der Waals surface area contributed by atoms with Crippen molar-refractivity contribution in [2.24, 2.45) is 5.92 Å². The monoisotopic (exact) mass is 309 g/mol. The Kier molecular flexibility index (Phi) is 4.01. The molecule has 0 aliphatic carbocycles. The second-order valence-corrected chi connectivity index (χ2v) is 5.04. The highest BCUT2D eigenvalue weighted by Gasteiger charge is 2.14. The van der Waals surface area contributed by atoms with E-state index in [1.807, 2.05) is 36.6 Å². The van der Waals surface area contributed by atoms with Crippen LogP contribution in [-0.4, -0.2) is 15.3 Å². The van der Waals surface area contributed by atoms with Gasteiger partial charge in [0.25, 0.3) is 0 Å². The van der Waals surface area contributed by atoms with Crippen LogP contribution in [0.3, 0.4) is 0 Å². The summed E-state index contributed by atoms with van der Waals surface area (Å²) in [6.07, 6.45) is 5.33. The van der Waals surface area contributed by atoms with Gasteiger partial charge in [0.2, 0.25) is 5.91 Å². The summed E-state index contributed by atoms with van der Waals surface area (Å²) < 4.78 is 2.76. The van der Waals surface area contributed by atoms with Gasteiger partial charge < -0.3 is 5.32 Å². The maximum atomic E-state index is 12.0. The van der Waals surface area contributed by atoms with Crippen molar-refractivity contribution in [1.82, 2.24) is 9.38 Å². The lowest BCUT2D eigenvalue weighted by Crippen LogP contribution is -2.21. The zero-order chi connectivity index (χ0) is 13.1. The minimum absolute atomic E-state index is 0.0759. The van der Waals surface area contributed by atoms with Gasteiger partial charge in [-0.25, -0.2) is 4.98 Å². The fourth-order valence-corrected chi connectivity index (χ4v) is 2.31. The molecule has 1 amide bonds. The third-order valence-corrected chi connectivity index (χ3v) is 3.67. The van der Waals surface area contributed by atoms with Gasteiger partial charge in [-0.05, 0) is 40.9 Å². The number of nitrogens with zero attached hydrogens (tertiary/aromatic N) is 2. The molecule has 4 nitrogen and oxygen atoms in total. The zero-order valence-corrected chi connectivity index (χ0v) is 12.1. The van der Waals surface area contributed by atoms with Gasteiger partial charge >= 0.3 is 0 Å². The van der Waals surface area contributed by atoms with Crippen LogP contribution in [0, 0.1) is 5.92 Å². The summed E-state index contributed by atoms with van der Waals surface area (Å²) in [4.78, 5) is 16.2. The van der Waals surface area contributed by atoms with Gasteiger partial charge in [0.15, 0.2) is 0 Å². The topological polar surface area (TPSA) is 46.4 Å². The largest absolute Gasteiger partial charge is 0.325 e. The number of hydrogen-bond acceptors (Lipinski definition) is 2. The Bertz CT molecular complexity index is 560. The number of carbonyl (C=O) groups excluding carboxylic acids is 1. The van der Waals surface area contributed by atoms with Gasteiger partial charge in [-0.15, -0.1) is 0 Å². The first-order valence-electron chi connectivity index (χ1n) is 6.09. The molecular formula is C13H16BrN3O. The molecule has 2 heterocycles. The summed E-state index contributed by atoms with van der Waals surface area (Å²) in [5, 5.41) is 2.94. The molecule has 0 aliphatic heterocycles. The van der Waals surface area contributed by atoms with Crippen molar-refractivity contribution >= 4 is 33.2 Å². The van der Waals surface area contributed by atoms with Crippen LogP contribution in [0.4, 0.5) is 5.69 Å². The van der Waals surface area contributed by atoms with Crippen molar-refractivity contribution in [3.63, 3.8) is 0 Å². The molecule has 0 fully saturated rings. The number of pyridine rings is 1. The SMILES string of the molecule is CCC(CC)C(=O)Nc1ccc2ncc(Br)n2c1. The Morgan fingerprint density at radius 3 is 2.83 bits per heavy atom. The Morgan fingerprint density at radius 2 is 2.17 bits per heavy atom. The average molecular weight is 310 g/mol. The van der Waals surface area contributed by atoms with Crippen LogP contribution in [0.2, 0.25) is 0 Å². The molecule has 2 rings (SSSR count). The van der Waals surface area contributed by atoms with Gasteiger partial charge in [-0.1, -0.05) is 13.8 Å². The number of nitrogens with one attached hydrogen (secondary N) is 1. The summed E-state index contributed by atoms with van der Waals surface area (Å²) in [6.45, 7) is 4.06. The van der Waals surface area contributed by atoms with Gasteiger partial charge in [0.1, 0.15) is 10.3 Å². The van der Waals surface area contributed by atoms with Crippen LogP contribution in [0.5, 0.6) is 0 Å². The second kappa shape index (κ2) is 5.52. The maximum absolute atomic E-state index is 12.0. The van der Waals surface area contributed by atoms with Crippen LogP contribution < -0.4 is 5.32 Å². The molecular weight excluding hydrogens is 294 g/mol. The Hall–Kier alpha value is -1.36. The smallest absolute Gasteiger partial charge is 0.227 e. The van der Waals surface area contributed by atoms with Crippen LogP contribution in [-0.2, 0) is 4.79 Å². The van der Waals surface area contributed by atoms with Crippen LogP contribution in [0.15, 0.2) is 29.1 Å². The number of carbonyl (C=O) groups is 1. The standard InChI is InChI=1S/C13H16BrN3O/c1-3-9(4-2)13(18)16-10-5-6-12-15-7-11(14)17(12)8-10/h5-9H,3-4H2,1-2H3,(H,16,18). The minimum atomic E-state index is 0.0759. The van der Waals surface area contributed by atoms with Crippen molar-refractivity contribution in [2.75, 3.05) is 5.32 Å². The summed E-state index contributed by atoms with van der Waals surface area (Å²) in [5.74, 6) is 0.155. The van der Waals surface area contributed by atoms with Gasteiger partial charge in [0.05, 0.1) is 11.9 Å². The molecule has 5 heteroatoms. The fraction of sp³-hybridized carbons (Fsp3) is 0.385. The molecule has 1 N–H and O–H groups in total. The Balaban J connectivity index is 2.21. The molecule has 0 radical (unpaired) electrons. The number of aromatic nitrogens is 2. The van der Waals surface area contributed by atoms with Crippen molar-refractivity contribution in [3.8, 4) is 0 Å². The van der Waals surface area contributed by atoms with E-state index >= 15 is 0 Å². The van der Waals surface area contributed by atoms with E-state index in [4.69, 9.17) is 0 Å². The normalized spacial score (nSPS) is 11.1. The molecule has 18 heavy (non-hydrogen) atoms. The van der Waals surface area contributed by atoms with Crippen molar-refractivity contribution in [1.29, 1.82) is 0 Å². The molecule has 96 valence electrons. The van der Waals surface area contributed by atoms with Gasteiger partial charge in [0, 0.05) is 12.1 Å².